The van der Waals surface area contributed by atoms with Crippen molar-refractivity contribution in [2.75, 3.05) is 5.32 Å². The molecule has 0 saturated heterocycles. The number of ether oxygens (including phenoxy) is 1. The van der Waals surface area contributed by atoms with Crippen LogP contribution in [0.25, 0.3) is 0 Å². The first-order valence-electron chi connectivity index (χ1n) is 7.74. The molecule has 1 aromatic carbocycles. The molecule has 0 bridgehead atoms. The average molecular weight is 314 g/mol. The third-order valence-corrected chi connectivity index (χ3v) is 3.00. The van der Waals surface area contributed by atoms with E-state index in [0.29, 0.717) is 35.5 Å². The molecule has 2 rings (SSSR count). The Kier molecular flexibility index (Phi) is 5.58. The zero-order valence-corrected chi connectivity index (χ0v) is 14.0. The molecule has 0 saturated carbocycles. The Balaban J connectivity index is 2.09. The fraction of sp³-hybridized carbons (Fsp3) is 0.471. The first-order chi connectivity index (χ1) is 11.0. The van der Waals surface area contributed by atoms with Crippen molar-refractivity contribution in [3.63, 3.8) is 0 Å². The molecule has 0 aliphatic carbocycles. The summed E-state index contributed by atoms with van der Waals surface area (Å²) in [5.41, 5.74) is 1.30. The number of anilines is 1. The molecule has 0 aliphatic heterocycles. The Bertz CT molecular complexity index is 686. The van der Waals surface area contributed by atoms with Crippen LogP contribution in [0.15, 0.2) is 22.7 Å². The highest BCUT2D eigenvalue weighted by Gasteiger charge is 2.11. The highest BCUT2D eigenvalue weighted by Crippen LogP contribution is 2.27. The zero-order valence-electron chi connectivity index (χ0n) is 14.0. The predicted octanol–water partition coefficient (Wildman–Crippen LogP) is 3.54. The number of benzene rings is 1. The van der Waals surface area contributed by atoms with E-state index in [1.54, 1.807) is 18.2 Å². The minimum atomic E-state index is 0.0459. The fourth-order valence-electron chi connectivity index (χ4n) is 2.08. The van der Waals surface area contributed by atoms with Crippen molar-refractivity contribution >= 4 is 5.69 Å². The van der Waals surface area contributed by atoms with Gasteiger partial charge in [0.15, 0.2) is 5.82 Å². The number of rotatable bonds is 7. The van der Waals surface area contributed by atoms with Crippen LogP contribution in [0.3, 0.4) is 0 Å². The quantitative estimate of drug-likeness (QED) is 0.841. The highest BCUT2D eigenvalue weighted by atomic mass is 16.5. The largest absolute Gasteiger partial charge is 0.489 e. The van der Waals surface area contributed by atoms with Crippen LogP contribution in [0.2, 0.25) is 0 Å². The van der Waals surface area contributed by atoms with E-state index < -0.39 is 0 Å². The molecule has 1 N–H and O–H groups in total. The summed E-state index contributed by atoms with van der Waals surface area (Å²) < 4.78 is 11.0. The molecule has 2 aromatic rings. The molecular weight excluding hydrogens is 292 g/mol. The molecule has 6 nitrogen and oxygen atoms in total. The van der Waals surface area contributed by atoms with Gasteiger partial charge in [0.25, 0.3) is 0 Å². The monoisotopic (exact) mass is 314 g/mol. The van der Waals surface area contributed by atoms with Crippen LogP contribution in [-0.4, -0.2) is 16.2 Å². The van der Waals surface area contributed by atoms with Gasteiger partial charge in [-0.25, -0.2) is 0 Å². The van der Waals surface area contributed by atoms with Gasteiger partial charge in [0.1, 0.15) is 5.75 Å². The summed E-state index contributed by atoms with van der Waals surface area (Å²) in [6.45, 7) is 8.51. The summed E-state index contributed by atoms with van der Waals surface area (Å²) in [4.78, 5) is 4.35. The lowest BCUT2D eigenvalue weighted by molar-refractivity contribution is 0.243. The van der Waals surface area contributed by atoms with Gasteiger partial charge in [0.2, 0.25) is 5.89 Å². The lowest BCUT2D eigenvalue weighted by Gasteiger charge is -2.15. The number of hydrogen-bond donors (Lipinski definition) is 1. The van der Waals surface area contributed by atoms with E-state index in [0.717, 1.165) is 12.1 Å². The molecule has 0 radical (unpaired) electrons. The molecule has 1 aromatic heterocycles. The Morgan fingerprint density at radius 3 is 2.74 bits per heavy atom. The number of hydrogen-bond acceptors (Lipinski definition) is 6. The summed E-state index contributed by atoms with van der Waals surface area (Å²) in [6.07, 6.45) is 0.833. The van der Waals surface area contributed by atoms with Crippen LogP contribution in [0.1, 0.15) is 45.0 Å². The van der Waals surface area contributed by atoms with Crippen LogP contribution in [0, 0.1) is 17.2 Å². The Morgan fingerprint density at radius 1 is 1.30 bits per heavy atom. The predicted molar refractivity (Wildman–Crippen MR) is 87.1 cm³/mol. The maximum Gasteiger partial charge on any atom is 0.245 e. The Morgan fingerprint density at radius 2 is 2.09 bits per heavy atom. The molecule has 0 aliphatic rings. The van der Waals surface area contributed by atoms with E-state index in [2.05, 4.69) is 35.4 Å². The maximum absolute atomic E-state index is 9.05. The topological polar surface area (TPSA) is 84.0 Å². The van der Waals surface area contributed by atoms with Crippen LogP contribution in [-0.2, 0) is 13.0 Å². The van der Waals surface area contributed by atoms with Gasteiger partial charge in [-0.15, -0.1) is 0 Å². The van der Waals surface area contributed by atoms with Crippen molar-refractivity contribution in [3.8, 4) is 11.8 Å². The number of nitrogens with zero attached hydrogens (tertiary/aromatic N) is 3. The van der Waals surface area contributed by atoms with Gasteiger partial charge < -0.3 is 14.6 Å². The average Bonchev–Trinajstić information content (AvgIpc) is 2.92. The van der Waals surface area contributed by atoms with Gasteiger partial charge in [-0.3, -0.25) is 0 Å². The van der Waals surface area contributed by atoms with Crippen LogP contribution in [0.5, 0.6) is 5.75 Å². The van der Waals surface area contributed by atoms with Gasteiger partial charge in [-0.1, -0.05) is 19.0 Å². The minimum Gasteiger partial charge on any atom is -0.489 e. The molecule has 0 fully saturated rings. The Hall–Kier alpha value is -2.55. The smallest absolute Gasteiger partial charge is 0.245 e. The maximum atomic E-state index is 9.05. The van der Waals surface area contributed by atoms with E-state index in [1.807, 2.05) is 13.8 Å². The highest BCUT2D eigenvalue weighted by molar-refractivity contribution is 5.60. The second-order valence-corrected chi connectivity index (χ2v) is 6.05. The van der Waals surface area contributed by atoms with Crippen LogP contribution in [0.4, 0.5) is 5.69 Å². The number of nitrogens with one attached hydrogen (secondary N) is 1. The number of nitriles is 1. The molecule has 0 unspecified atom stereocenters. The lowest BCUT2D eigenvalue weighted by Crippen LogP contribution is -2.09. The van der Waals surface area contributed by atoms with Gasteiger partial charge >= 0.3 is 0 Å². The normalized spacial score (nSPS) is 10.8. The van der Waals surface area contributed by atoms with E-state index >= 15 is 0 Å². The molecule has 23 heavy (non-hydrogen) atoms. The van der Waals surface area contributed by atoms with Gasteiger partial charge in [0.05, 0.1) is 30.0 Å². The Labute approximate surface area is 136 Å². The van der Waals surface area contributed by atoms with E-state index in [-0.39, 0.29) is 6.10 Å². The van der Waals surface area contributed by atoms with Gasteiger partial charge in [-0.2, -0.15) is 10.2 Å². The molecule has 6 heteroatoms. The first-order valence-corrected chi connectivity index (χ1v) is 7.74. The van der Waals surface area contributed by atoms with Crippen molar-refractivity contribution in [1.82, 2.24) is 10.1 Å². The minimum absolute atomic E-state index is 0.0459. The lowest BCUT2D eigenvalue weighted by atomic mass is 10.1. The third-order valence-electron chi connectivity index (χ3n) is 3.00. The standard InChI is InChI=1S/C17H22N4O2/c1-11(2)7-16-20-17(23-21-16)10-19-14-8-13(9-18)5-6-15(14)22-12(3)4/h5-6,8,11-12,19H,7,10H2,1-4H3. The molecule has 0 atom stereocenters. The van der Waals surface area contributed by atoms with Crippen molar-refractivity contribution in [3.05, 3.63) is 35.5 Å². The third kappa shape index (κ3) is 4.99. The molecule has 122 valence electrons. The number of aromatic nitrogens is 2. The summed E-state index contributed by atoms with van der Waals surface area (Å²) in [7, 11) is 0. The van der Waals surface area contributed by atoms with Crippen molar-refractivity contribution in [1.29, 1.82) is 5.26 Å². The first kappa shape index (κ1) is 16.8. The molecule has 0 spiro atoms. The summed E-state index contributed by atoms with van der Waals surface area (Å²) >= 11 is 0. The molecule has 0 amide bonds. The molecular formula is C17H22N4O2. The van der Waals surface area contributed by atoms with Crippen LogP contribution < -0.4 is 10.1 Å². The summed E-state index contributed by atoms with van der Waals surface area (Å²) in [5.74, 6) is 2.40. The van der Waals surface area contributed by atoms with Gasteiger partial charge in [0, 0.05) is 6.42 Å². The molecule has 1 heterocycles. The van der Waals surface area contributed by atoms with Crippen molar-refractivity contribution in [2.45, 2.75) is 46.8 Å². The second kappa shape index (κ2) is 7.63. The van der Waals surface area contributed by atoms with Crippen molar-refractivity contribution in [2.24, 2.45) is 5.92 Å². The van der Waals surface area contributed by atoms with E-state index in [4.69, 9.17) is 14.5 Å². The zero-order chi connectivity index (χ0) is 16.8. The van der Waals surface area contributed by atoms with Crippen molar-refractivity contribution < 1.29 is 9.26 Å². The summed E-state index contributed by atoms with van der Waals surface area (Å²) in [5, 5.41) is 16.2. The summed E-state index contributed by atoms with van der Waals surface area (Å²) in [6, 6.07) is 7.40. The SMILES string of the molecule is CC(C)Cc1noc(CNc2cc(C#N)ccc2OC(C)C)n1. The second-order valence-electron chi connectivity index (χ2n) is 6.05. The van der Waals surface area contributed by atoms with E-state index in [1.165, 1.54) is 0 Å². The van der Waals surface area contributed by atoms with E-state index in [9.17, 15) is 0 Å². The van der Waals surface area contributed by atoms with Gasteiger partial charge in [-0.05, 0) is 38.0 Å². The fourth-order valence-corrected chi connectivity index (χ4v) is 2.08. The van der Waals surface area contributed by atoms with Crippen LogP contribution >= 0.6 is 0 Å².